The smallest absolute Gasteiger partial charge is 0.261 e. The number of aliphatic hydroxyl groups excluding tert-OH is 1. The first-order chi connectivity index (χ1) is 8.11. The van der Waals surface area contributed by atoms with E-state index < -0.39 is 6.10 Å². The number of benzene rings is 1. The number of rotatable bonds is 3. The van der Waals surface area contributed by atoms with E-state index in [1.54, 1.807) is 12.1 Å². The van der Waals surface area contributed by atoms with Crippen LogP contribution in [0.15, 0.2) is 33.8 Å². The molecule has 0 aliphatic rings. The van der Waals surface area contributed by atoms with Gasteiger partial charge in [0.2, 0.25) is 0 Å². The highest BCUT2D eigenvalue weighted by molar-refractivity contribution is 9.10. The molecule has 1 heterocycles. The molecule has 1 aromatic carbocycles. The Balaban J connectivity index is 2.53. The zero-order valence-electron chi connectivity index (χ0n) is 9.01. The maximum absolute atomic E-state index is 12.1. The number of hydrogen-bond donors (Lipinski definition) is 2. The maximum Gasteiger partial charge on any atom is 0.261 e. The molecule has 0 radical (unpaired) electrons. The Kier molecular flexibility index (Phi) is 3.56. The molecule has 90 valence electrons. The lowest BCUT2D eigenvalue weighted by Gasteiger charge is -2.10. The number of fused-ring (bicyclic) bond motifs is 1. The Morgan fingerprint density at radius 2 is 2.29 bits per heavy atom. The number of nitrogens with two attached hydrogens (primary N) is 1. The number of aromatic nitrogens is 2. The van der Waals surface area contributed by atoms with Gasteiger partial charge in [-0.25, -0.2) is 4.98 Å². The Morgan fingerprint density at radius 1 is 1.53 bits per heavy atom. The normalized spacial score (nSPS) is 12.9. The molecule has 0 saturated heterocycles. The molecule has 2 aromatic rings. The van der Waals surface area contributed by atoms with E-state index in [1.165, 1.54) is 10.9 Å². The van der Waals surface area contributed by atoms with Crippen LogP contribution in [0, 0.1) is 0 Å². The highest BCUT2D eigenvalue weighted by Gasteiger charge is 2.08. The van der Waals surface area contributed by atoms with Crippen LogP contribution in [-0.4, -0.2) is 27.3 Å². The summed E-state index contributed by atoms with van der Waals surface area (Å²) in [6, 6.07) is 5.31. The van der Waals surface area contributed by atoms with Crippen LogP contribution >= 0.6 is 15.9 Å². The molecule has 0 aliphatic heterocycles. The Labute approximate surface area is 106 Å². The lowest BCUT2D eigenvalue weighted by molar-refractivity contribution is 0.160. The molecule has 3 N–H and O–H groups in total. The maximum atomic E-state index is 12.1. The summed E-state index contributed by atoms with van der Waals surface area (Å²) in [5.41, 5.74) is 5.77. The van der Waals surface area contributed by atoms with Crippen molar-refractivity contribution in [2.24, 2.45) is 5.73 Å². The Morgan fingerprint density at radius 3 is 3.00 bits per heavy atom. The van der Waals surface area contributed by atoms with Gasteiger partial charge in [0.15, 0.2) is 0 Å². The van der Waals surface area contributed by atoms with Gasteiger partial charge in [0.05, 0.1) is 29.9 Å². The largest absolute Gasteiger partial charge is 0.390 e. The molecule has 5 nitrogen and oxygen atoms in total. The predicted molar refractivity (Wildman–Crippen MR) is 68.8 cm³/mol. The van der Waals surface area contributed by atoms with E-state index in [-0.39, 0.29) is 18.6 Å². The molecular formula is C11H12BrN3O2. The molecule has 0 bridgehead atoms. The van der Waals surface area contributed by atoms with E-state index >= 15 is 0 Å². The van der Waals surface area contributed by atoms with E-state index in [9.17, 15) is 9.90 Å². The second-order valence-electron chi connectivity index (χ2n) is 3.75. The monoisotopic (exact) mass is 297 g/mol. The zero-order chi connectivity index (χ0) is 12.4. The summed E-state index contributed by atoms with van der Waals surface area (Å²) in [5, 5.41) is 9.96. The van der Waals surface area contributed by atoms with Gasteiger partial charge < -0.3 is 10.8 Å². The Hall–Kier alpha value is -1.24. The second-order valence-corrected chi connectivity index (χ2v) is 4.67. The van der Waals surface area contributed by atoms with Crippen molar-refractivity contribution in [1.82, 2.24) is 9.55 Å². The molecule has 2 rings (SSSR count). The van der Waals surface area contributed by atoms with E-state index in [1.807, 2.05) is 6.07 Å². The minimum absolute atomic E-state index is 0.114. The average Bonchev–Trinajstić information content (AvgIpc) is 2.33. The third-order valence-electron chi connectivity index (χ3n) is 2.47. The second kappa shape index (κ2) is 4.95. The van der Waals surface area contributed by atoms with Gasteiger partial charge in [0.1, 0.15) is 0 Å². The molecule has 0 amide bonds. The van der Waals surface area contributed by atoms with Gasteiger partial charge in [-0.3, -0.25) is 9.36 Å². The van der Waals surface area contributed by atoms with E-state index in [2.05, 4.69) is 20.9 Å². The van der Waals surface area contributed by atoms with Crippen molar-refractivity contribution in [3.05, 3.63) is 39.4 Å². The van der Waals surface area contributed by atoms with Gasteiger partial charge in [0, 0.05) is 11.0 Å². The van der Waals surface area contributed by atoms with Crippen molar-refractivity contribution in [2.75, 3.05) is 6.54 Å². The highest BCUT2D eigenvalue weighted by Crippen LogP contribution is 2.14. The topological polar surface area (TPSA) is 81.1 Å². The number of halogens is 1. The zero-order valence-corrected chi connectivity index (χ0v) is 10.6. The molecule has 1 aromatic heterocycles. The fourth-order valence-corrected chi connectivity index (χ4v) is 1.92. The van der Waals surface area contributed by atoms with E-state index in [0.717, 1.165) is 4.47 Å². The van der Waals surface area contributed by atoms with Gasteiger partial charge in [-0.1, -0.05) is 15.9 Å². The van der Waals surface area contributed by atoms with Crippen molar-refractivity contribution in [3.63, 3.8) is 0 Å². The van der Waals surface area contributed by atoms with Gasteiger partial charge in [-0.15, -0.1) is 0 Å². The van der Waals surface area contributed by atoms with Crippen LogP contribution in [0.4, 0.5) is 0 Å². The third kappa shape index (κ3) is 2.54. The summed E-state index contributed by atoms with van der Waals surface area (Å²) in [7, 11) is 0. The van der Waals surface area contributed by atoms with Crippen LogP contribution in [-0.2, 0) is 6.54 Å². The summed E-state index contributed by atoms with van der Waals surface area (Å²) in [6.45, 7) is 0.272. The molecule has 0 saturated carbocycles. The van der Waals surface area contributed by atoms with Crippen LogP contribution in [0.3, 0.4) is 0 Å². The van der Waals surface area contributed by atoms with Crippen molar-refractivity contribution in [3.8, 4) is 0 Å². The first-order valence-corrected chi connectivity index (χ1v) is 5.94. The lowest BCUT2D eigenvalue weighted by atomic mass is 10.2. The van der Waals surface area contributed by atoms with Gasteiger partial charge in [-0.05, 0) is 18.2 Å². The molecule has 1 atom stereocenters. The highest BCUT2D eigenvalue weighted by atomic mass is 79.9. The molecule has 1 unspecified atom stereocenters. The van der Waals surface area contributed by atoms with Crippen molar-refractivity contribution in [1.29, 1.82) is 0 Å². The van der Waals surface area contributed by atoms with Crippen LogP contribution in [0.1, 0.15) is 0 Å². The van der Waals surface area contributed by atoms with Crippen molar-refractivity contribution < 1.29 is 5.11 Å². The van der Waals surface area contributed by atoms with Crippen LogP contribution in [0.2, 0.25) is 0 Å². The van der Waals surface area contributed by atoms with Crippen LogP contribution in [0.25, 0.3) is 10.9 Å². The fourth-order valence-electron chi connectivity index (χ4n) is 1.56. The molecule has 0 fully saturated rings. The van der Waals surface area contributed by atoms with Crippen molar-refractivity contribution in [2.45, 2.75) is 12.6 Å². The average molecular weight is 298 g/mol. The standard InChI is InChI=1S/C11H12BrN3O2/c12-7-1-2-10-9(3-7)11(17)15(6-14-10)5-8(16)4-13/h1-3,6,8,16H,4-5,13H2. The summed E-state index contributed by atoms with van der Waals surface area (Å²) in [5.74, 6) is 0. The summed E-state index contributed by atoms with van der Waals surface area (Å²) < 4.78 is 2.19. The molecule has 6 heteroatoms. The molecule has 17 heavy (non-hydrogen) atoms. The first kappa shape index (κ1) is 12.2. The van der Waals surface area contributed by atoms with Crippen molar-refractivity contribution >= 4 is 26.8 Å². The molecule has 0 aliphatic carbocycles. The summed E-state index contributed by atoms with van der Waals surface area (Å²) in [4.78, 5) is 16.2. The van der Waals surface area contributed by atoms with Crippen LogP contribution < -0.4 is 11.3 Å². The van der Waals surface area contributed by atoms with Gasteiger partial charge >= 0.3 is 0 Å². The van der Waals surface area contributed by atoms with Gasteiger partial charge in [0.25, 0.3) is 5.56 Å². The van der Waals surface area contributed by atoms with E-state index in [0.29, 0.717) is 10.9 Å². The minimum atomic E-state index is -0.737. The molecular weight excluding hydrogens is 286 g/mol. The van der Waals surface area contributed by atoms with Crippen LogP contribution in [0.5, 0.6) is 0 Å². The number of hydrogen-bond acceptors (Lipinski definition) is 4. The SMILES string of the molecule is NCC(O)Cn1cnc2ccc(Br)cc2c1=O. The van der Waals surface area contributed by atoms with E-state index in [4.69, 9.17) is 5.73 Å². The number of nitrogens with zero attached hydrogens (tertiary/aromatic N) is 2. The Bertz CT molecular complexity index is 597. The fraction of sp³-hybridized carbons (Fsp3) is 0.273. The first-order valence-electron chi connectivity index (χ1n) is 5.14. The summed E-state index contributed by atoms with van der Waals surface area (Å²) >= 11 is 3.31. The number of aliphatic hydroxyl groups is 1. The minimum Gasteiger partial charge on any atom is -0.390 e. The lowest BCUT2D eigenvalue weighted by Crippen LogP contribution is -2.31. The predicted octanol–water partition coefficient (Wildman–Crippen LogP) is 0.479. The van der Waals surface area contributed by atoms with Gasteiger partial charge in [-0.2, -0.15) is 0 Å². The molecule has 0 spiro atoms. The summed E-state index contributed by atoms with van der Waals surface area (Å²) in [6.07, 6.45) is 0.691. The quantitative estimate of drug-likeness (QED) is 0.863. The third-order valence-corrected chi connectivity index (χ3v) is 2.96.